The number of fused-ring (bicyclic) bond motifs is 1. The predicted octanol–water partition coefficient (Wildman–Crippen LogP) is 6.01. The monoisotopic (exact) mass is 400 g/mol. The molecule has 144 valence electrons. The van der Waals surface area contributed by atoms with E-state index in [-0.39, 0.29) is 0 Å². The van der Waals surface area contributed by atoms with E-state index in [2.05, 4.69) is 41.6 Å². The zero-order valence-electron chi connectivity index (χ0n) is 16.6. The minimum atomic E-state index is 0.483. The van der Waals surface area contributed by atoms with Gasteiger partial charge in [0.15, 0.2) is 0 Å². The number of allylic oxidation sites excluding steroid dienone is 1. The van der Waals surface area contributed by atoms with Crippen LogP contribution in [-0.4, -0.2) is 14.1 Å². The molecule has 0 aliphatic heterocycles. The van der Waals surface area contributed by atoms with Crippen molar-refractivity contribution in [2.45, 2.75) is 27.3 Å². The summed E-state index contributed by atoms with van der Waals surface area (Å²) in [5, 5.41) is 10.5. The van der Waals surface area contributed by atoms with Crippen LogP contribution < -0.4 is 0 Å². The van der Waals surface area contributed by atoms with E-state index < -0.39 is 0 Å². The number of para-hydroxylation sites is 2. The molecule has 4 nitrogen and oxygen atoms in total. The Labute approximate surface area is 175 Å². The maximum Gasteiger partial charge on any atom is 0.0966 e. The SMILES string of the molecule is Cc1ccc(-n2c(C)cc(/C=C(/C#N)Cn3cnc4ccccc43)c2C)cc1Cl. The molecule has 0 N–H and O–H groups in total. The van der Waals surface area contributed by atoms with Gasteiger partial charge in [-0.25, -0.2) is 4.98 Å². The molecule has 0 saturated heterocycles. The molecule has 2 aromatic carbocycles. The summed E-state index contributed by atoms with van der Waals surface area (Å²) in [6.45, 7) is 6.60. The first-order valence-electron chi connectivity index (χ1n) is 9.44. The lowest BCUT2D eigenvalue weighted by molar-refractivity contribution is 0.830. The van der Waals surface area contributed by atoms with Crippen molar-refractivity contribution in [1.82, 2.24) is 14.1 Å². The normalized spacial score (nSPS) is 11.8. The summed E-state index contributed by atoms with van der Waals surface area (Å²) in [6.07, 6.45) is 3.75. The second-order valence-electron chi connectivity index (χ2n) is 7.24. The molecule has 0 amide bonds. The highest BCUT2D eigenvalue weighted by Crippen LogP contribution is 2.26. The fraction of sp³-hybridized carbons (Fsp3) is 0.167. The Balaban J connectivity index is 1.71. The van der Waals surface area contributed by atoms with Crippen molar-refractivity contribution in [3.05, 3.63) is 88.0 Å². The molecule has 0 aliphatic carbocycles. The zero-order valence-corrected chi connectivity index (χ0v) is 17.4. The Morgan fingerprint density at radius 2 is 1.93 bits per heavy atom. The number of aromatic nitrogens is 3. The molecule has 29 heavy (non-hydrogen) atoms. The molecular formula is C24H21ClN4. The largest absolute Gasteiger partial charge is 0.325 e. The molecule has 0 aliphatic rings. The lowest BCUT2D eigenvalue weighted by Gasteiger charge is -2.11. The summed E-state index contributed by atoms with van der Waals surface area (Å²) in [6, 6.07) is 18.5. The van der Waals surface area contributed by atoms with Crippen LogP contribution in [0.4, 0.5) is 0 Å². The first-order chi connectivity index (χ1) is 14.0. The van der Waals surface area contributed by atoms with Crippen LogP contribution in [0.25, 0.3) is 22.8 Å². The van der Waals surface area contributed by atoms with Gasteiger partial charge in [0.25, 0.3) is 0 Å². The summed E-state index contributed by atoms with van der Waals surface area (Å²) < 4.78 is 4.17. The number of rotatable bonds is 4. The third-order valence-corrected chi connectivity index (χ3v) is 5.63. The Bertz CT molecular complexity index is 1280. The molecule has 2 heterocycles. The van der Waals surface area contributed by atoms with E-state index in [0.29, 0.717) is 12.1 Å². The maximum atomic E-state index is 9.73. The van der Waals surface area contributed by atoms with Gasteiger partial charge < -0.3 is 9.13 Å². The molecular weight excluding hydrogens is 380 g/mol. The Hall–Kier alpha value is -3.29. The molecule has 0 spiro atoms. The fourth-order valence-electron chi connectivity index (χ4n) is 3.67. The number of nitriles is 1. The average molecular weight is 401 g/mol. The zero-order chi connectivity index (χ0) is 20.5. The van der Waals surface area contributed by atoms with Crippen molar-refractivity contribution < 1.29 is 0 Å². The van der Waals surface area contributed by atoms with Crippen LogP contribution in [0.5, 0.6) is 0 Å². The van der Waals surface area contributed by atoms with Gasteiger partial charge in [0, 0.05) is 27.7 Å². The van der Waals surface area contributed by atoms with Gasteiger partial charge >= 0.3 is 0 Å². The number of imidazole rings is 1. The molecule has 5 heteroatoms. The number of hydrogen-bond donors (Lipinski definition) is 0. The van der Waals surface area contributed by atoms with Gasteiger partial charge in [0.1, 0.15) is 0 Å². The molecule has 0 unspecified atom stereocenters. The first-order valence-corrected chi connectivity index (χ1v) is 9.81. The third kappa shape index (κ3) is 3.57. The minimum absolute atomic E-state index is 0.483. The minimum Gasteiger partial charge on any atom is -0.325 e. The van der Waals surface area contributed by atoms with Crippen LogP contribution >= 0.6 is 11.6 Å². The summed E-state index contributed by atoms with van der Waals surface area (Å²) in [4.78, 5) is 4.41. The molecule has 0 saturated carbocycles. The number of nitrogens with zero attached hydrogens (tertiary/aromatic N) is 4. The predicted molar refractivity (Wildman–Crippen MR) is 118 cm³/mol. The molecule has 0 atom stereocenters. The number of benzene rings is 2. The second-order valence-corrected chi connectivity index (χ2v) is 7.65. The molecule has 0 radical (unpaired) electrons. The quantitative estimate of drug-likeness (QED) is 0.393. The van der Waals surface area contributed by atoms with Crippen LogP contribution in [0, 0.1) is 32.1 Å². The fourth-order valence-corrected chi connectivity index (χ4v) is 3.85. The van der Waals surface area contributed by atoms with E-state index in [4.69, 9.17) is 11.6 Å². The van der Waals surface area contributed by atoms with Crippen LogP contribution in [0.2, 0.25) is 5.02 Å². The summed E-state index contributed by atoms with van der Waals surface area (Å²) in [7, 11) is 0. The van der Waals surface area contributed by atoms with E-state index in [1.165, 1.54) is 0 Å². The van der Waals surface area contributed by atoms with Crippen LogP contribution in [0.15, 0.2) is 60.4 Å². The van der Waals surface area contributed by atoms with Gasteiger partial charge in [-0.1, -0.05) is 29.8 Å². The lowest BCUT2D eigenvalue weighted by atomic mass is 10.1. The smallest absolute Gasteiger partial charge is 0.0966 e. The molecule has 2 aromatic heterocycles. The van der Waals surface area contributed by atoms with Gasteiger partial charge in [0.05, 0.1) is 30.0 Å². The van der Waals surface area contributed by atoms with Gasteiger partial charge in [-0.2, -0.15) is 5.26 Å². The van der Waals surface area contributed by atoms with E-state index in [1.807, 2.05) is 54.0 Å². The number of hydrogen-bond acceptors (Lipinski definition) is 2. The van der Waals surface area contributed by atoms with Crippen molar-refractivity contribution in [2.75, 3.05) is 0 Å². The van der Waals surface area contributed by atoms with E-state index >= 15 is 0 Å². The topological polar surface area (TPSA) is 46.5 Å². The van der Waals surface area contributed by atoms with E-state index in [9.17, 15) is 5.26 Å². The van der Waals surface area contributed by atoms with Crippen molar-refractivity contribution in [3.8, 4) is 11.8 Å². The Morgan fingerprint density at radius 1 is 1.14 bits per heavy atom. The van der Waals surface area contributed by atoms with Crippen LogP contribution in [0.3, 0.4) is 0 Å². The van der Waals surface area contributed by atoms with Crippen LogP contribution in [0.1, 0.15) is 22.5 Å². The van der Waals surface area contributed by atoms with Gasteiger partial charge in [0.2, 0.25) is 0 Å². The highest BCUT2D eigenvalue weighted by atomic mass is 35.5. The van der Waals surface area contributed by atoms with Gasteiger partial charge in [-0.15, -0.1) is 0 Å². The standard InChI is InChI=1S/C24H21ClN4/c1-16-8-9-21(12-22(16)25)29-17(2)10-20(18(29)3)11-19(13-26)14-28-15-27-23-6-4-5-7-24(23)28/h4-12,15H,14H2,1-3H3/b19-11-. The highest BCUT2D eigenvalue weighted by molar-refractivity contribution is 6.31. The first kappa shape index (κ1) is 19.0. The number of halogens is 1. The summed E-state index contributed by atoms with van der Waals surface area (Å²) in [5.41, 5.74) is 7.90. The average Bonchev–Trinajstić information content (AvgIpc) is 3.24. The van der Waals surface area contributed by atoms with E-state index in [0.717, 1.165) is 44.3 Å². The summed E-state index contributed by atoms with van der Waals surface area (Å²) >= 11 is 6.33. The van der Waals surface area contributed by atoms with Gasteiger partial charge in [-0.05, 0) is 68.3 Å². The van der Waals surface area contributed by atoms with E-state index in [1.54, 1.807) is 6.33 Å². The molecule has 4 aromatic rings. The highest BCUT2D eigenvalue weighted by Gasteiger charge is 2.12. The number of aryl methyl sites for hydroxylation is 2. The Kier molecular flexibility index (Phi) is 5.00. The second kappa shape index (κ2) is 7.62. The molecule has 0 bridgehead atoms. The van der Waals surface area contributed by atoms with Crippen molar-refractivity contribution in [3.63, 3.8) is 0 Å². The summed E-state index contributed by atoms with van der Waals surface area (Å²) in [5.74, 6) is 0. The lowest BCUT2D eigenvalue weighted by Crippen LogP contribution is -2.00. The Morgan fingerprint density at radius 3 is 2.69 bits per heavy atom. The molecule has 4 rings (SSSR count). The van der Waals surface area contributed by atoms with Crippen LogP contribution in [-0.2, 0) is 6.54 Å². The third-order valence-electron chi connectivity index (χ3n) is 5.23. The van der Waals surface area contributed by atoms with Crippen molar-refractivity contribution in [1.29, 1.82) is 5.26 Å². The maximum absolute atomic E-state index is 9.73. The molecule has 0 fully saturated rings. The van der Waals surface area contributed by atoms with Gasteiger partial charge in [-0.3, -0.25) is 0 Å². The van der Waals surface area contributed by atoms with Crippen molar-refractivity contribution >= 4 is 28.7 Å². The van der Waals surface area contributed by atoms with Crippen molar-refractivity contribution in [2.24, 2.45) is 0 Å².